The first-order chi connectivity index (χ1) is 6.49. The molecule has 0 unspecified atom stereocenters. The Morgan fingerprint density at radius 2 is 1.67 bits per heavy atom. The largest absolute Gasteiger partial charge is 0.469 e. The molecule has 0 fully saturated rings. The van der Waals surface area contributed by atoms with Gasteiger partial charge in [-0.1, -0.05) is 0 Å². The number of rotatable bonds is 3. The van der Waals surface area contributed by atoms with E-state index in [1.165, 1.54) is 7.11 Å². The standard InChI is InChI=1S/C9H19N3O2.HI/c1-11(2)9(12(3)4)10-7-6-8(13)14-5;/h6-7H2,1-5H3;1H. The fraction of sp³-hybridized carbons (Fsp3) is 0.778. The molecule has 0 aromatic rings. The van der Waals surface area contributed by atoms with Gasteiger partial charge in [0.2, 0.25) is 0 Å². The van der Waals surface area contributed by atoms with Crippen LogP contribution < -0.4 is 0 Å². The fourth-order valence-electron chi connectivity index (χ4n) is 1.03. The average Bonchev–Trinajstić information content (AvgIpc) is 2.10. The van der Waals surface area contributed by atoms with Gasteiger partial charge in [0, 0.05) is 28.2 Å². The molecule has 0 aromatic carbocycles. The maximum Gasteiger partial charge on any atom is 0.307 e. The topological polar surface area (TPSA) is 45.1 Å². The van der Waals surface area contributed by atoms with E-state index < -0.39 is 0 Å². The van der Waals surface area contributed by atoms with Crippen LogP contribution in [0.15, 0.2) is 4.99 Å². The number of hydrogen-bond donors (Lipinski definition) is 0. The Bertz CT molecular complexity index is 207. The third kappa shape index (κ3) is 7.40. The molecule has 0 aliphatic heterocycles. The molecule has 0 amide bonds. The van der Waals surface area contributed by atoms with Crippen molar-refractivity contribution in [2.24, 2.45) is 4.99 Å². The van der Waals surface area contributed by atoms with Crippen LogP contribution >= 0.6 is 24.0 Å². The van der Waals surface area contributed by atoms with Crippen molar-refractivity contribution < 1.29 is 9.53 Å². The summed E-state index contributed by atoms with van der Waals surface area (Å²) in [6.45, 7) is 0.457. The van der Waals surface area contributed by atoms with Crippen molar-refractivity contribution in [3.63, 3.8) is 0 Å². The van der Waals surface area contributed by atoms with Crippen LogP contribution in [0.3, 0.4) is 0 Å². The minimum absolute atomic E-state index is 0. The predicted molar refractivity (Wildman–Crippen MR) is 71.7 cm³/mol. The molecule has 0 saturated carbocycles. The van der Waals surface area contributed by atoms with Gasteiger partial charge in [-0.3, -0.25) is 9.79 Å². The Hall–Kier alpha value is -0.530. The average molecular weight is 329 g/mol. The van der Waals surface area contributed by atoms with Gasteiger partial charge in [0.15, 0.2) is 5.96 Å². The third-order valence-electron chi connectivity index (χ3n) is 1.60. The molecule has 0 N–H and O–H groups in total. The Morgan fingerprint density at radius 1 is 1.20 bits per heavy atom. The van der Waals surface area contributed by atoms with Crippen LogP contribution in [-0.4, -0.2) is 63.6 Å². The van der Waals surface area contributed by atoms with Crippen LogP contribution in [0.2, 0.25) is 0 Å². The zero-order valence-corrected chi connectivity index (χ0v) is 12.3. The van der Waals surface area contributed by atoms with Gasteiger partial charge < -0.3 is 14.5 Å². The van der Waals surface area contributed by atoms with E-state index in [1.54, 1.807) is 0 Å². The van der Waals surface area contributed by atoms with Gasteiger partial charge in [-0.2, -0.15) is 0 Å². The first kappa shape index (κ1) is 16.9. The van der Waals surface area contributed by atoms with Gasteiger partial charge in [-0.25, -0.2) is 0 Å². The number of hydrogen-bond acceptors (Lipinski definition) is 3. The highest BCUT2D eigenvalue weighted by Crippen LogP contribution is 1.92. The number of halogens is 1. The van der Waals surface area contributed by atoms with Crippen molar-refractivity contribution in [2.75, 3.05) is 41.8 Å². The van der Waals surface area contributed by atoms with E-state index in [2.05, 4.69) is 9.73 Å². The number of carbonyl (C=O) groups is 1. The molecule has 5 nitrogen and oxygen atoms in total. The van der Waals surface area contributed by atoms with Crippen LogP contribution in [-0.2, 0) is 9.53 Å². The quantitative estimate of drug-likeness (QED) is 0.330. The predicted octanol–water partition coefficient (Wildman–Crippen LogP) is 0.647. The van der Waals surface area contributed by atoms with Gasteiger partial charge in [0.1, 0.15) is 0 Å². The second-order valence-electron chi connectivity index (χ2n) is 3.30. The highest BCUT2D eigenvalue weighted by atomic mass is 127. The molecular weight excluding hydrogens is 309 g/mol. The summed E-state index contributed by atoms with van der Waals surface area (Å²) in [5.41, 5.74) is 0. The highest BCUT2D eigenvalue weighted by Gasteiger charge is 2.04. The molecule has 15 heavy (non-hydrogen) atoms. The second kappa shape index (κ2) is 8.75. The summed E-state index contributed by atoms with van der Waals surface area (Å²) in [6, 6.07) is 0. The molecule has 0 aromatic heterocycles. The van der Waals surface area contributed by atoms with Crippen molar-refractivity contribution in [2.45, 2.75) is 6.42 Å². The van der Waals surface area contributed by atoms with Crippen molar-refractivity contribution in [1.82, 2.24) is 9.80 Å². The number of esters is 1. The van der Waals surface area contributed by atoms with E-state index in [0.29, 0.717) is 13.0 Å². The maximum absolute atomic E-state index is 10.8. The number of guanidine groups is 1. The van der Waals surface area contributed by atoms with E-state index in [4.69, 9.17) is 0 Å². The third-order valence-corrected chi connectivity index (χ3v) is 1.60. The Morgan fingerprint density at radius 3 is 2.00 bits per heavy atom. The molecule has 0 heterocycles. The first-order valence-electron chi connectivity index (χ1n) is 4.45. The van der Waals surface area contributed by atoms with E-state index >= 15 is 0 Å². The molecular formula is C9H20IN3O2. The van der Waals surface area contributed by atoms with Crippen molar-refractivity contribution in [3.8, 4) is 0 Å². The lowest BCUT2D eigenvalue weighted by Gasteiger charge is -2.22. The summed E-state index contributed by atoms with van der Waals surface area (Å²) in [5, 5.41) is 0. The molecule has 0 rings (SSSR count). The van der Waals surface area contributed by atoms with Gasteiger partial charge in [0.25, 0.3) is 0 Å². The number of nitrogens with zero attached hydrogens (tertiary/aromatic N) is 3. The Balaban J connectivity index is 0. The lowest BCUT2D eigenvalue weighted by Crippen LogP contribution is -2.35. The second-order valence-corrected chi connectivity index (χ2v) is 3.30. The molecule has 0 aliphatic rings. The van der Waals surface area contributed by atoms with Crippen molar-refractivity contribution in [3.05, 3.63) is 0 Å². The van der Waals surface area contributed by atoms with Crippen molar-refractivity contribution in [1.29, 1.82) is 0 Å². The van der Waals surface area contributed by atoms with Crippen molar-refractivity contribution >= 4 is 35.9 Å². The Labute approximate surface area is 108 Å². The lowest BCUT2D eigenvalue weighted by atomic mass is 10.4. The van der Waals surface area contributed by atoms with E-state index in [1.807, 2.05) is 38.0 Å². The zero-order valence-electron chi connectivity index (χ0n) is 9.98. The fourth-order valence-corrected chi connectivity index (χ4v) is 1.03. The summed E-state index contributed by atoms with van der Waals surface area (Å²) in [4.78, 5) is 18.9. The van der Waals surface area contributed by atoms with Crippen LogP contribution in [0.25, 0.3) is 0 Å². The summed E-state index contributed by atoms with van der Waals surface area (Å²) < 4.78 is 4.52. The van der Waals surface area contributed by atoms with E-state index in [9.17, 15) is 4.79 Å². The molecule has 90 valence electrons. The molecule has 0 aliphatic carbocycles. The minimum atomic E-state index is -0.231. The zero-order chi connectivity index (χ0) is 11.1. The maximum atomic E-state index is 10.8. The number of carbonyl (C=O) groups excluding carboxylic acids is 1. The lowest BCUT2D eigenvalue weighted by molar-refractivity contribution is -0.140. The van der Waals surface area contributed by atoms with Crippen LogP contribution in [0.5, 0.6) is 0 Å². The first-order valence-corrected chi connectivity index (χ1v) is 4.45. The number of ether oxygens (including phenoxy) is 1. The summed E-state index contributed by atoms with van der Waals surface area (Å²) in [5.74, 6) is 0.611. The van der Waals surface area contributed by atoms with Gasteiger partial charge in [0.05, 0.1) is 20.1 Å². The molecule has 0 saturated heterocycles. The highest BCUT2D eigenvalue weighted by molar-refractivity contribution is 14.0. The molecule has 0 bridgehead atoms. The summed E-state index contributed by atoms with van der Waals surface area (Å²) in [6.07, 6.45) is 0.321. The van der Waals surface area contributed by atoms with Crippen LogP contribution in [0.1, 0.15) is 6.42 Å². The molecule has 0 radical (unpaired) electrons. The Kier molecular flexibility index (Phi) is 9.85. The molecule has 6 heteroatoms. The van der Waals surface area contributed by atoms with Gasteiger partial charge in [-0.15, -0.1) is 24.0 Å². The SMILES string of the molecule is COC(=O)CCN=C(N(C)C)N(C)C.I. The normalized spacial score (nSPS) is 8.60. The number of aliphatic imine (C=N–C) groups is 1. The van der Waals surface area contributed by atoms with Crippen LogP contribution in [0.4, 0.5) is 0 Å². The summed E-state index contributed by atoms with van der Waals surface area (Å²) in [7, 11) is 9.03. The monoisotopic (exact) mass is 329 g/mol. The smallest absolute Gasteiger partial charge is 0.307 e. The minimum Gasteiger partial charge on any atom is -0.469 e. The van der Waals surface area contributed by atoms with Gasteiger partial charge >= 0.3 is 5.97 Å². The summed E-state index contributed by atoms with van der Waals surface area (Å²) >= 11 is 0. The van der Waals surface area contributed by atoms with Crippen LogP contribution in [0, 0.1) is 0 Å². The van der Waals surface area contributed by atoms with E-state index in [0.717, 1.165) is 5.96 Å². The molecule has 0 atom stereocenters. The molecule has 0 spiro atoms. The van der Waals surface area contributed by atoms with Gasteiger partial charge in [-0.05, 0) is 0 Å². The number of methoxy groups -OCH3 is 1. The van der Waals surface area contributed by atoms with E-state index in [-0.39, 0.29) is 29.9 Å².